The average molecular weight is 576 g/mol. The third kappa shape index (κ3) is 7.57. The Morgan fingerprint density at radius 3 is 2.61 bits per heavy atom. The lowest BCUT2D eigenvalue weighted by Gasteiger charge is -2.28. The molecule has 2 aromatic carbocycles. The van der Waals surface area contributed by atoms with Crippen molar-refractivity contribution in [2.75, 3.05) is 20.2 Å². The van der Waals surface area contributed by atoms with Gasteiger partial charge in [-0.25, -0.2) is 13.1 Å². The first-order valence-electron chi connectivity index (χ1n) is 12.7. The highest BCUT2D eigenvalue weighted by Gasteiger charge is 2.28. The Labute approximate surface area is 234 Å². The predicted octanol–water partition coefficient (Wildman–Crippen LogP) is 5.54. The highest BCUT2D eigenvalue weighted by molar-refractivity contribution is 7.91. The van der Waals surface area contributed by atoms with E-state index in [1.807, 2.05) is 36.4 Å². The largest absolute Gasteiger partial charge is 0.493 e. The van der Waals surface area contributed by atoms with Crippen molar-refractivity contribution < 1.29 is 17.9 Å². The van der Waals surface area contributed by atoms with Crippen LogP contribution in [0.15, 0.2) is 64.9 Å². The van der Waals surface area contributed by atoms with Crippen LogP contribution in [0.2, 0.25) is 4.34 Å². The number of halogens is 1. The second kappa shape index (κ2) is 12.6. The van der Waals surface area contributed by atoms with Gasteiger partial charge in [-0.1, -0.05) is 67.9 Å². The Morgan fingerprint density at radius 1 is 1.16 bits per heavy atom. The normalized spacial score (nSPS) is 16.2. The van der Waals surface area contributed by atoms with Crippen LogP contribution >= 0.6 is 22.9 Å². The summed E-state index contributed by atoms with van der Waals surface area (Å²) < 4.78 is 35.2. The van der Waals surface area contributed by atoms with E-state index in [-0.39, 0.29) is 22.6 Å². The minimum absolute atomic E-state index is 0.0485. The lowest BCUT2D eigenvalue weighted by Crippen LogP contribution is -2.36. The SMILES string of the molecule is CC(C)CN(C)Cc1ccc2c(c1)OCCC2NC(=O)CC(NS(=O)(=O)c1ccc(Cl)s1)c1ccccc1. The fraction of sp³-hybridized carbons (Fsp3) is 0.393. The van der Waals surface area contributed by atoms with Gasteiger partial charge < -0.3 is 15.0 Å². The van der Waals surface area contributed by atoms with Crippen molar-refractivity contribution in [3.8, 4) is 5.75 Å². The minimum Gasteiger partial charge on any atom is -0.493 e. The van der Waals surface area contributed by atoms with E-state index < -0.39 is 16.1 Å². The summed E-state index contributed by atoms with van der Waals surface area (Å²) in [4.78, 5) is 15.5. The summed E-state index contributed by atoms with van der Waals surface area (Å²) in [6.07, 6.45) is 0.591. The van der Waals surface area contributed by atoms with E-state index >= 15 is 0 Å². The molecule has 0 saturated heterocycles. The summed E-state index contributed by atoms with van der Waals surface area (Å²) in [5.74, 6) is 1.12. The van der Waals surface area contributed by atoms with E-state index in [0.29, 0.717) is 28.8 Å². The second-order valence-corrected chi connectivity index (χ2v) is 13.7. The van der Waals surface area contributed by atoms with Crippen LogP contribution in [-0.2, 0) is 21.4 Å². The number of rotatable bonds is 11. The smallest absolute Gasteiger partial charge is 0.250 e. The molecule has 2 N–H and O–H groups in total. The maximum Gasteiger partial charge on any atom is 0.250 e. The first-order valence-corrected chi connectivity index (χ1v) is 15.3. The Morgan fingerprint density at radius 2 is 1.92 bits per heavy atom. The number of sulfonamides is 1. The van der Waals surface area contributed by atoms with E-state index in [1.165, 1.54) is 6.07 Å². The molecule has 0 spiro atoms. The zero-order valence-corrected chi connectivity index (χ0v) is 24.2. The first kappa shape index (κ1) is 28.6. The van der Waals surface area contributed by atoms with Crippen LogP contribution in [0.3, 0.4) is 0 Å². The van der Waals surface area contributed by atoms with Crippen LogP contribution in [0.25, 0.3) is 0 Å². The van der Waals surface area contributed by atoms with Crippen molar-refractivity contribution in [3.63, 3.8) is 0 Å². The third-order valence-corrected chi connectivity index (χ3v) is 9.48. The van der Waals surface area contributed by atoms with E-state index in [0.717, 1.165) is 41.3 Å². The molecule has 1 aromatic heterocycles. The van der Waals surface area contributed by atoms with Crippen molar-refractivity contribution in [3.05, 3.63) is 81.7 Å². The van der Waals surface area contributed by atoms with Gasteiger partial charge in [-0.15, -0.1) is 11.3 Å². The number of hydrogen-bond donors (Lipinski definition) is 2. The molecule has 0 fully saturated rings. The number of carbonyl (C=O) groups excluding carboxylic acids is 1. The number of ether oxygens (including phenoxy) is 1. The number of nitrogens with zero attached hydrogens (tertiary/aromatic N) is 1. The van der Waals surface area contributed by atoms with Gasteiger partial charge in [-0.05, 0) is 42.3 Å². The van der Waals surface area contributed by atoms with E-state index in [4.69, 9.17) is 16.3 Å². The summed E-state index contributed by atoms with van der Waals surface area (Å²) in [6, 6.07) is 17.3. The zero-order chi connectivity index (χ0) is 27.3. The Hall–Kier alpha value is -2.43. The van der Waals surface area contributed by atoms with E-state index in [2.05, 4.69) is 48.0 Å². The molecule has 2 unspecified atom stereocenters. The van der Waals surface area contributed by atoms with Crippen LogP contribution in [0.1, 0.15) is 55.5 Å². The Balaban J connectivity index is 1.47. The van der Waals surface area contributed by atoms with Gasteiger partial charge in [0.05, 0.1) is 23.0 Å². The molecule has 1 amide bonds. The first-order chi connectivity index (χ1) is 18.1. The van der Waals surface area contributed by atoms with Crippen LogP contribution in [0, 0.1) is 5.92 Å². The standard InChI is InChI=1S/C28H34ClN3O4S2/c1-19(2)17-32(3)18-20-9-10-22-23(13-14-36-25(22)15-20)30-27(33)16-24(21-7-5-4-6-8-21)31-38(34,35)28-12-11-26(29)37-28/h4-12,15,19,23-24,31H,13-14,16-18H2,1-3H3,(H,30,33). The van der Waals surface area contributed by atoms with Gasteiger partial charge in [0.1, 0.15) is 9.96 Å². The van der Waals surface area contributed by atoms with Crippen LogP contribution in [-0.4, -0.2) is 39.4 Å². The summed E-state index contributed by atoms with van der Waals surface area (Å²) in [5.41, 5.74) is 2.80. The molecule has 2 atom stereocenters. The fourth-order valence-electron chi connectivity index (χ4n) is 4.72. The number of benzene rings is 2. The molecule has 38 heavy (non-hydrogen) atoms. The molecule has 1 aliphatic heterocycles. The Kier molecular flexibility index (Phi) is 9.49. The molecule has 10 heteroatoms. The molecular weight excluding hydrogens is 542 g/mol. The second-order valence-electron chi connectivity index (χ2n) is 10.1. The average Bonchev–Trinajstić information content (AvgIpc) is 3.31. The molecule has 7 nitrogen and oxygen atoms in total. The molecule has 0 bridgehead atoms. The van der Waals surface area contributed by atoms with E-state index in [1.54, 1.807) is 6.07 Å². The number of hydrogen-bond acceptors (Lipinski definition) is 6. The molecule has 1 aliphatic rings. The molecule has 2 heterocycles. The topological polar surface area (TPSA) is 87.7 Å². The van der Waals surface area contributed by atoms with Crippen molar-refractivity contribution in [2.24, 2.45) is 5.92 Å². The number of amides is 1. The molecule has 0 saturated carbocycles. The van der Waals surface area contributed by atoms with Gasteiger partial charge >= 0.3 is 0 Å². The van der Waals surface area contributed by atoms with Crippen molar-refractivity contribution in [1.29, 1.82) is 0 Å². The maximum atomic E-state index is 13.2. The predicted molar refractivity (Wildman–Crippen MR) is 152 cm³/mol. The van der Waals surface area contributed by atoms with E-state index in [9.17, 15) is 13.2 Å². The molecular formula is C28H34ClN3O4S2. The van der Waals surface area contributed by atoms with Crippen molar-refractivity contribution >= 4 is 38.9 Å². The highest BCUT2D eigenvalue weighted by atomic mass is 35.5. The number of fused-ring (bicyclic) bond motifs is 1. The van der Waals surface area contributed by atoms with Crippen molar-refractivity contribution in [1.82, 2.24) is 14.9 Å². The van der Waals surface area contributed by atoms with Gasteiger partial charge in [0.15, 0.2) is 0 Å². The number of nitrogens with one attached hydrogen (secondary N) is 2. The quantitative estimate of drug-likeness (QED) is 0.313. The maximum absolute atomic E-state index is 13.2. The molecule has 0 aliphatic carbocycles. The molecule has 3 aromatic rings. The molecule has 0 radical (unpaired) electrons. The van der Waals surface area contributed by atoms with Crippen LogP contribution < -0.4 is 14.8 Å². The van der Waals surface area contributed by atoms with Crippen molar-refractivity contribution in [2.45, 2.75) is 49.5 Å². The monoisotopic (exact) mass is 575 g/mol. The summed E-state index contributed by atoms with van der Waals surface area (Å²) in [7, 11) is -1.75. The summed E-state index contributed by atoms with van der Waals surface area (Å²) in [6.45, 7) is 6.72. The van der Waals surface area contributed by atoms with Gasteiger partial charge in [-0.2, -0.15) is 0 Å². The minimum atomic E-state index is -3.86. The lowest BCUT2D eigenvalue weighted by atomic mass is 9.97. The van der Waals surface area contributed by atoms with Gasteiger partial charge in [0.2, 0.25) is 5.91 Å². The molecule has 4 rings (SSSR count). The van der Waals surface area contributed by atoms with Gasteiger partial charge in [0, 0.05) is 31.5 Å². The number of carbonyl (C=O) groups is 1. The van der Waals surface area contributed by atoms with Crippen LogP contribution in [0.4, 0.5) is 0 Å². The Bertz CT molecular complexity index is 1350. The lowest BCUT2D eigenvalue weighted by molar-refractivity contribution is -0.122. The summed E-state index contributed by atoms with van der Waals surface area (Å²) >= 11 is 6.93. The van der Waals surface area contributed by atoms with Crippen LogP contribution in [0.5, 0.6) is 5.75 Å². The third-order valence-electron chi connectivity index (χ3n) is 6.28. The number of thiophene rings is 1. The van der Waals surface area contributed by atoms with Gasteiger partial charge in [-0.3, -0.25) is 4.79 Å². The van der Waals surface area contributed by atoms with Gasteiger partial charge in [0.25, 0.3) is 10.0 Å². The fourth-order valence-corrected chi connectivity index (χ4v) is 7.44. The zero-order valence-electron chi connectivity index (χ0n) is 21.8. The highest BCUT2D eigenvalue weighted by Crippen LogP contribution is 2.34. The molecule has 204 valence electrons. The summed E-state index contributed by atoms with van der Waals surface area (Å²) in [5, 5.41) is 3.11.